The van der Waals surface area contributed by atoms with Crippen molar-refractivity contribution in [2.45, 2.75) is 32.9 Å². The molecular formula is C12H18N2. The highest BCUT2D eigenvalue weighted by atomic mass is 14.9. The Balaban J connectivity index is 2.20. The minimum Gasteiger partial charge on any atom is -0.383 e. The van der Waals surface area contributed by atoms with Crippen LogP contribution in [-0.4, -0.2) is 12.6 Å². The second kappa shape index (κ2) is 4.01. The minimum absolute atomic E-state index is 0.509. The van der Waals surface area contributed by atoms with Crippen LogP contribution < -0.4 is 10.6 Å². The zero-order valence-corrected chi connectivity index (χ0v) is 8.93. The van der Waals surface area contributed by atoms with Crippen LogP contribution in [0.1, 0.15) is 25.0 Å². The number of fused-ring (bicyclic) bond motifs is 1. The smallest absolute Gasteiger partial charge is 0.0345 e. The molecule has 76 valence electrons. The van der Waals surface area contributed by atoms with E-state index in [1.54, 1.807) is 0 Å². The zero-order valence-electron chi connectivity index (χ0n) is 8.93. The first-order valence-electron chi connectivity index (χ1n) is 5.35. The molecule has 1 aromatic rings. The van der Waals surface area contributed by atoms with E-state index in [0.29, 0.717) is 6.04 Å². The second-order valence-corrected chi connectivity index (χ2v) is 4.21. The monoisotopic (exact) mass is 190 g/mol. The van der Waals surface area contributed by atoms with Crippen molar-refractivity contribution in [3.63, 3.8) is 0 Å². The Bertz CT molecular complexity index is 318. The molecule has 2 N–H and O–H groups in total. The lowest BCUT2D eigenvalue weighted by molar-refractivity contribution is 0.644. The van der Waals surface area contributed by atoms with Gasteiger partial charge in [0.05, 0.1) is 0 Å². The standard InChI is InChI=1S/C12H18N2/c1-9(2)14-12-4-3-11-8-13-6-5-10(11)7-12/h3-4,7,9,13-14H,5-6,8H2,1-2H3. The highest BCUT2D eigenvalue weighted by Crippen LogP contribution is 2.19. The lowest BCUT2D eigenvalue weighted by atomic mass is 10.0. The van der Waals surface area contributed by atoms with E-state index < -0.39 is 0 Å². The van der Waals surface area contributed by atoms with Crippen molar-refractivity contribution in [2.75, 3.05) is 11.9 Å². The van der Waals surface area contributed by atoms with Gasteiger partial charge in [-0.15, -0.1) is 0 Å². The summed E-state index contributed by atoms with van der Waals surface area (Å²) >= 11 is 0. The average Bonchev–Trinajstić information content (AvgIpc) is 2.17. The molecule has 0 bridgehead atoms. The summed E-state index contributed by atoms with van der Waals surface area (Å²) in [4.78, 5) is 0. The lowest BCUT2D eigenvalue weighted by Gasteiger charge is -2.19. The highest BCUT2D eigenvalue weighted by molar-refractivity contribution is 5.49. The van der Waals surface area contributed by atoms with Crippen LogP contribution in [0.4, 0.5) is 5.69 Å². The molecule has 1 aromatic carbocycles. The van der Waals surface area contributed by atoms with E-state index in [9.17, 15) is 0 Å². The fraction of sp³-hybridized carbons (Fsp3) is 0.500. The van der Waals surface area contributed by atoms with Crippen molar-refractivity contribution in [1.29, 1.82) is 0 Å². The molecule has 0 aliphatic carbocycles. The van der Waals surface area contributed by atoms with Gasteiger partial charge >= 0.3 is 0 Å². The summed E-state index contributed by atoms with van der Waals surface area (Å²) in [6.07, 6.45) is 1.16. The van der Waals surface area contributed by atoms with Crippen LogP contribution in [0.3, 0.4) is 0 Å². The van der Waals surface area contributed by atoms with Crippen LogP contribution >= 0.6 is 0 Å². The van der Waals surface area contributed by atoms with Gasteiger partial charge in [0.1, 0.15) is 0 Å². The van der Waals surface area contributed by atoms with Crippen molar-refractivity contribution < 1.29 is 0 Å². The van der Waals surface area contributed by atoms with Gasteiger partial charge in [0, 0.05) is 18.3 Å². The number of hydrogen-bond acceptors (Lipinski definition) is 2. The van der Waals surface area contributed by atoms with E-state index in [2.05, 4.69) is 42.7 Å². The summed E-state index contributed by atoms with van der Waals surface area (Å²) in [5.41, 5.74) is 4.20. The first-order valence-corrected chi connectivity index (χ1v) is 5.35. The Morgan fingerprint density at radius 3 is 2.93 bits per heavy atom. The molecule has 0 spiro atoms. The van der Waals surface area contributed by atoms with Crippen LogP contribution in [0.15, 0.2) is 18.2 Å². The maximum atomic E-state index is 3.43. The van der Waals surface area contributed by atoms with E-state index in [-0.39, 0.29) is 0 Å². The Morgan fingerprint density at radius 1 is 1.29 bits per heavy atom. The lowest BCUT2D eigenvalue weighted by Crippen LogP contribution is -2.23. The van der Waals surface area contributed by atoms with Gasteiger partial charge in [-0.2, -0.15) is 0 Å². The van der Waals surface area contributed by atoms with Crippen molar-refractivity contribution in [1.82, 2.24) is 5.32 Å². The molecule has 14 heavy (non-hydrogen) atoms. The summed E-state index contributed by atoms with van der Waals surface area (Å²) in [5.74, 6) is 0. The molecule has 0 atom stereocenters. The van der Waals surface area contributed by atoms with Gasteiger partial charge in [0.15, 0.2) is 0 Å². The van der Waals surface area contributed by atoms with Gasteiger partial charge in [0.25, 0.3) is 0 Å². The van der Waals surface area contributed by atoms with Crippen molar-refractivity contribution in [3.8, 4) is 0 Å². The van der Waals surface area contributed by atoms with Crippen molar-refractivity contribution in [3.05, 3.63) is 29.3 Å². The molecule has 0 fully saturated rings. The third-order valence-corrected chi connectivity index (χ3v) is 2.55. The maximum Gasteiger partial charge on any atom is 0.0345 e. The molecule has 0 saturated carbocycles. The van der Waals surface area contributed by atoms with E-state index in [1.165, 1.54) is 16.8 Å². The molecule has 1 aliphatic heterocycles. The predicted molar refractivity (Wildman–Crippen MR) is 60.6 cm³/mol. The molecule has 2 heteroatoms. The number of benzene rings is 1. The Labute approximate surface area is 85.7 Å². The Kier molecular flexibility index (Phi) is 2.73. The van der Waals surface area contributed by atoms with Crippen LogP contribution in [-0.2, 0) is 13.0 Å². The van der Waals surface area contributed by atoms with Crippen LogP contribution in [0.25, 0.3) is 0 Å². The topological polar surface area (TPSA) is 24.1 Å². The molecule has 0 aromatic heterocycles. The fourth-order valence-corrected chi connectivity index (χ4v) is 1.90. The predicted octanol–water partition coefficient (Wildman–Crippen LogP) is 2.15. The zero-order chi connectivity index (χ0) is 9.97. The molecule has 0 amide bonds. The highest BCUT2D eigenvalue weighted by Gasteiger charge is 2.08. The summed E-state index contributed by atoms with van der Waals surface area (Å²) in [5, 5.41) is 6.82. The molecule has 0 saturated heterocycles. The number of rotatable bonds is 2. The molecular weight excluding hydrogens is 172 g/mol. The maximum absolute atomic E-state index is 3.43. The first-order chi connectivity index (χ1) is 6.75. The third-order valence-electron chi connectivity index (χ3n) is 2.55. The van der Waals surface area contributed by atoms with Crippen LogP contribution in [0.5, 0.6) is 0 Å². The molecule has 2 rings (SSSR count). The van der Waals surface area contributed by atoms with E-state index in [1.807, 2.05) is 0 Å². The first kappa shape index (κ1) is 9.53. The van der Waals surface area contributed by atoms with Gasteiger partial charge in [-0.3, -0.25) is 0 Å². The normalized spacial score (nSPS) is 15.4. The molecule has 2 nitrogen and oxygen atoms in total. The quantitative estimate of drug-likeness (QED) is 0.746. The third kappa shape index (κ3) is 2.07. The van der Waals surface area contributed by atoms with Crippen molar-refractivity contribution in [2.24, 2.45) is 0 Å². The van der Waals surface area contributed by atoms with Gasteiger partial charge < -0.3 is 10.6 Å². The summed E-state index contributed by atoms with van der Waals surface area (Å²) in [7, 11) is 0. The largest absolute Gasteiger partial charge is 0.383 e. The fourth-order valence-electron chi connectivity index (χ4n) is 1.90. The molecule has 1 aliphatic rings. The van der Waals surface area contributed by atoms with Crippen molar-refractivity contribution >= 4 is 5.69 Å². The Hall–Kier alpha value is -1.02. The van der Waals surface area contributed by atoms with Gasteiger partial charge in [-0.1, -0.05) is 6.07 Å². The van der Waals surface area contributed by atoms with E-state index in [0.717, 1.165) is 19.5 Å². The van der Waals surface area contributed by atoms with Gasteiger partial charge in [-0.25, -0.2) is 0 Å². The van der Waals surface area contributed by atoms with Gasteiger partial charge in [-0.05, 0) is 50.1 Å². The van der Waals surface area contributed by atoms with E-state index >= 15 is 0 Å². The molecule has 0 unspecified atom stereocenters. The SMILES string of the molecule is CC(C)Nc1ccc2c(c1)CCNC2. The molecule has 1 heterocycles. The summed E-state index contributed by atoms with van der Waals surface area (Å²) in [6, 6.07) is 7.20. The Morgan fingerprint density at radius 2 is 2.14 bits per heavy atom. The van der Waals surface area contributed by atoms with Crippen LogP contribution in [0.2, 0.25) is 0 Å². The number of hydrogen-bond donors (Lipinski definition) is 2. The number of nitrogens with one attached hydrogen (secondary N) is 2. The second-order valence-electron chi connectivity index (χ2n) is 4.21. The number of anilines is 1. The van der Waals surface area contributed by atoms with Gasteiger partial charge in [0.2, 0.25) is 0 Å². The van der Waals surface area contributed by atoms with Crippen LogP contribution in [0, 0.1) is 0 Å². The average molecular weight is 190 g/mol. The van der Waals surface area contributed by atoms with E-state index in [4.69, 9.17) is 0 Å². The summed E-state index contributed by atoms with van der Waals surface area (Å²) < 4.78 is 0. The summed E-state index contributed by atoms with van der Waals surface area (Å²) in [6.45, 7) is 6.47. The molecule has 0 radical (unpaired) electrons. The minimum atomic E-state index is 0.509.